The molecule has 0 bridgehead atoms. The zero-order chi connectivity index (χ0) is 16.8. The van der Waals surface area contributed by atoms with Crippen LogP contribution in [-0.4, -0.2) is 10.2 Å². The highest BCUT2D eigenvalue weighted by molar-refractivity contribution is 9.10. The lowest BCUT2D eigenvalue weighted by atomic mass is 9.92. The van der Waals surface area contributed by atoms with Gasteiger partial charge in [0, 0.05) is 15.6 Å². The van der Waals surface area contributed by atoms with Crippen LogP contribution in [0.4, 0.5) is 0 Å². The first-order chi connectivity index (χ1) is 11.5. The number of aromatic hydroxyl groups is 2. The number of benzene rings is 4. The van der Waals surface area contributed by atoms with E-state index in [-0.39, 0.29) is 11.5 Å². The number of aryl methyl sites for hydroxylation is 1. The maximum Gasteiger partial charge on any atom is 0.124 e. The number of hydrogen-bond donors (Lipinski definition) is 2. The molecule has 24 heavy (non-hydrogen) atoms. The largest absolute Gasteiger partial charge is 0.507 e. The van der Waals surface area contributed by atoms with E-state index in [0.29, 0.717) is 11.1 Å². The van der Waals surface area contributed by atoms with E-state index in [4.69, 9.17) is 0 Å². The number of phenolic OH excluding ortho intramolecular Hbond substituents is 2. The summed E-state index contributed by atoms with van der Waals surface area (Å²) in [7, 11) is 0. The second-order valence-corrected chi connectivity index (χ2v) is 6.93. The third-order valence-electron chi connectivity index (χ3n) is 4.36. The Morgan fingerprint density at radius 2 is 1.21 bits per heavy atom. The molecule has 0 unspecified atom stereocenters. The van der Waals surface area contributed by atoms with Gasteiger partial charge in [-0.05, 0) is 52.7 Å². The summed E-state index contributed by atoms with van der Waals surface area (Å²) in [5.41, 5.74) is 2.48. The second kappa shape index (κ2) is 5.53. The Labute approximate surface area is 148 Å². The number of phenols is 2. The minimum Gasteiger partial charge on any atom is -0.507 e. The topological polar surface area (TPSA) is 40.5 Å². The number of halogens is 1. The molecule has 4 aromatic carbocycles. The molecule has 0 aliphatic rings. The molecule has 4 rings (SSSR count). The lowest BCUT2D eigenvalue weighted by Gasteiger charge is -2.14. The van der Waals surface area contributed by atoms with Gasteiger partial charge in [-0.2, -0.15) is 0 Å². The van der Waals surface area contributed by atoms with Crippen LogP contribution in [0.5, 0.6) is 11.5 Å². The fourth-order valence-electron chi connectivity index (χ4n) is 3.25. The molecule has 2 N–H and O–H groups in total. The monoisotopic (exact) mass is 378 g/mol. The van der Waals surface area contributed by atoms with E-state index >= 15 is 0 Å². The van der Waals surface area contributed by atoms with E-state index in [1.165, 1.54) is 0 Å². The molecule has 0 aliphatic carbocycles. The highest BCUT2D eigenvalue weighted by Crippen LogP contribution is 2.44. The van der Waals surface area contributed by atoms with Crippen molar-refractivity contribution in [1.29, 1.82) is 0 Å². The van der Waals surface area contributed by atoms with Crippen LogP contribution >= 0.6 is 15.9 Å². The molecule has 3 heteroatoms. The quantitative estimate of drug-likeness (QED) is 0.417. The molecule has 0 aromatic heterocycles. The fraction of sp³-hybridized carbons (Fsp3) is 0.0476. The van der Waals surface area contributed by atoms with E-state index in [0.717, 1.165) is 31.6 Å². The van der Waals surface area contributed by atoms with Crippen LogP contribution in [0.3, 0.4) is 0 Å². The predicted molar refractivity (Wildman–Crippen MR) is 103 cm³/mol. The van der Waals surface area contributed by atoms with Crippen molar-refractivity contribution < 1.29 is 10.2 Å². The Kier molecular flexibility index (Phi) is 3.47. The van der Waals surface area contributed by atoms with Gasteiger partial charge >= 0.3 is 0 Å². The van der Waals surface area contributed by atoms with Gasteiger partial charge in [-0.25, -0.2) is 0 Å². The Morgan fingerprint density at radius 3 is 1.83 bits per heavy atom. The summed E-state index contributed by atoms with van der Waals surface area (Å²) in [5.74, 6) is 0.324. The Hall–Kier alpha value is -2.52. The van der Waals surface area contributed by atoms with Crippen LogP contribution < -0.4 is 0 Å². The van der Waals surface area contributed by atoms with Gasteiger partial charge in [0.15, 0.2) is 0 Å². The van der Waals surface area contributed by atoms with E-state index in [9.17, 15) is 10.2 Å². The average Bonchev–Trinajstić information content (AvgIpc) is 2.56. The first-order valence-electron chi connectivity index (χ1n) is 7.68. The van der Waals surface area contributed by atoms with E-state index < -0.39 is 0 Å². The Balaban J connectivity index is 2.17. The van der Waals surface area contributed by atoms with Crippen LogP contribution in [0.15, 0.2) is 65.1 Å². The summed E-state index contributed by atoms with van der Waals surface area (Å²) >= 11 is 3.48. The summed E-state index contributed by atoms with van der Waals surface area (Å²) in [5, 5.41) is 25.0. The molecule has 0 fully saturated rings. The SMILES string of the molecule is Cc1ccc2c(-c3c(O)ccc4cc(Br)ccc34)c(O)ccc2c1. The Bertz CT molecular complexity index is 1010. The molecule has 4 aromatic rings. The molecule has 0 aliphatic heterocycles. The van der Waals surface area contributed by atoms with Gasteiger partial charge in [-0.1, -0.05) is 57.9 Å². The van der Waals surface area contributed by atoms with Gasteiger partial charge in [0.2, 0.25) is 0 Å². The number of rotatable bonds is 1. The first kappa shape index (κ1) is 15.0. The average molecular weight is 379 g/mol. The van der Waals surface area contributed by atoms with Gasteiger partial charge in [-0.3, -0.25) is 0 Å². The van der Waals surface area contributed by atoms with Crippen molar-refractivity contribution in [3.63, 3.8) is 0 Å². The normalized spacial score (nSPS) is 11.2. The summed E-state index contributed by atoms with van der Waals surface area (Å²) in [6.07, 6.45) is 0. The molecule has 0 radical (unpaired) electrons. The molecule has 0 atom stereocenters. The van der Waals surface area contributed by atoms with Gasteiger partial charge in [0.1, 0.15) is 11.5 Å². The van der Waals surface area contributed by atoms with Crippen LogP contribution in [0.2, 0.25) is 0 Å². The summed E-state index contributed by atoms with van der Waals surface area (Å²) in [6, 6.07) is 19.1. The molecule has 118 valence electrons. The molecular weight excluding hydrogens is 364 g/mol. The third-order valence-corrected chi connectivity index (χ3v) is 4.86. The van der Waals surface area contributed by atoms with Gasteiger partial charge in [-0.15, -0.1) is 0 Å². The van der Waals surface area contributed by atoms with Crippen molar-refractivity contribution in [3.05, 3.63) is 70.7 Å². The Morgan fingerprint density at radius 1 is 0.667 bits per heavy atom. The van der Waals surface area contributed by atoms with Crippen LogP contribution in [0.25, 0.3) is 32.7 Å². The molecule has 2 nitrogen and oxygen atoms in total. The number of fused-ring (bicyclic) bond motifs is 2. The zero-order valence-corrected chi connectivity index (χ0v) is 14.6. The van der Waals surface area contributed by atoms with Crippen molar-refractivity contribution in [2.24, 2.45) is 0 Å². The van der Waals surface area contributed by atoms with Gasteiger partial charge in [0.25, 0.3) is 0 Å². The van der Waals surface area contributed by atoms with Crippen molar-refractivity contribution in [2.75, 3.05) is 0 Å². The fourth-order valence-corrected chi connectivity index (χ4v) is 3.63. The smallest absolute Gasteiger partial charge is 0.124 e. The van der Waals surface area contributed by atoms with Crippen molar-refractivity contribution >= 4 is 37.5 Å². The first-order valence-corrected chi connectivity index (χ1v) is 8.48. The van der Waals surface area contributed by atoms with Gasteiger partial charge in [0.05, 0.1) is 0 Å². The highest BCUT2D eigenvalue weighted by Gasteiger charge is 2.16. The lowest BCUT2D eigenvalue weighted by molar-refractivity contribution is 0.470. The molecular formula is C21H15BrO2. The molecule has 0 saturated carbocycles. The minimum atomic E-state index is 0.160. The maximum absolute atomic E-state index is 10.5. The molecule has 0 amide bonds. The predicted octanol–water partition coefficient (Wildman–Crippen LogP) is 6.14. The van der Waals surface area contributed by atoms with Crippen molar-refractivity contribution in [2.45, 2.75) is 6.92 Å². The third kappa shape index (κ3) is 2.33. The maximum atomic E-state index is 10.5. The van der Waals surface area contributed by atoms with Crippen LogP contribution in [-0.2, 0) is 0 Å². The number of hydrogen-bond acceptors (Lipinski definition) is 2. The standard InChI is InChI=1S/C21H15BrO2/c1-12-2-6-16-13(10-12)3-8-18(23)20(16)21-17-7-5-15(22)11-14(17)4-9-19(21)24/h2-11,23-24H,1H3. The van der Waals surface area contributed by atoms with E-state index in [1.807, 2.05) is 49.4 Å². The zero-order valence-electron chi connectivity index (χ0n) is 13.0. The van der Waals surface area contributed by atoms with Crippen molar-refractivity contribution in [3.8, 4) is 22.6 Å². The van der Waals surface area contributed by atoms with Crippen LogP contribution in [0, 0.1) is 6.92 Å². The molecule has 0 heterocycles. The summed E-state index contributed by atoms with van der Waals surface area (Å²) in [6.45, 7) is 2.04. The van der Waals surface area contributed by atoms with E-state index in [1.54, 1.807) is 12.1 Å². The lowest BCUT2D eigenvalue weighted by Crippen LogP contribution is -1.87. The molecule has 0 saturated heterocycles. The summed E-state index contributed by atoms with van der Waals surface area (Å²) < 4.78 is 0.976. The van der Waals surface area contributed by atoms with Crippen LogP contribution in [0.1, 0.15) is 5.56 Å². The molecule has 0 spiro atoms. The summed E-state index contributed by atoms with van der Waals surface area (Å²) in [4.78, 5) is 0. The van der Waals surface area contributed by atoms with Gasteiger partial charge < -0.3 is 10.2 Å². The minimum absolute atomic E-state index is 0.160. The highest BCUT2D eigenvalue weighted by atomic mass is 79.9. The van der Waals surface area contributed by atoms with E-state index in [2.05, 4.69) is 22.0 Å². The van der Waals surface area contributed by atoms with Crippen molar-refractivity contribution in [1.82, 2.24) is 0 Å². The second-order valence-electron chi connectivity index (χ2n) is 6.01.